The molecule has 0 aliphatic carbocycles. The third kappa shape index (κ3) is 2.89. The van der Waals surface area contributed by atoms with Crippen molar-refractivity contribution < 1.29 is 4.79 Å². The minimum atomic E-state index is -0.116. The van der Waals surface area contributed by atoms with Gasteiger partial charge in [-0.25, -0.2) is 0 Å². The molecule has 0 aromatic carbocycles. The van der Waals surface area contributed by atoms with E-state index in [0.29, 0.717) is 15.9 Å². The van der Waals surface area contributed by atoms with Crippen molar-refractivity contribution >= 4 is 33.7 Å². The first-order chi connectivity index (χ1) is 8.06. The molecule has 2 rings (SSSR count). The zero-order chi connectivity index (χ0) is 12.4. The predicted octanol–water partition coefficient (Wildman–Crippen LogP) is 3.28. The van der Waals surface area contributed by atoms with Gasteiger partial charge in [0.05, 0.1) is 4.88 Å². The van der Waals surface area contributed by atoms with E-state index in [2.05, 4.69) is 29.4 Å². The molecule has 0 unspecified atom stereocenters. The number of aromatic nitrogens is 2. The Labute approximate surface area is 108 Å². The van der Waals surface area contributed by atoms with Gasteiger partial charge in [0.1, 0.15) is 5.01 Å². The average Bonchev–Trinajstić information content (AvgIpc) is 2.86. The summed E-state index contributed by atoms with van der Waals surface area (Å²) in [7, 11) is 0. The first-order valence-electron chi connectivity index (χ1n) is 5.27. The molecule has 0 saturated heterocycles. The maximum absolute atomic E-state index is 11.8. The van der Waals surface area contributed by atoms with Crippen LogP contribution in [0.2, 0.25) is 0 Å². The quantitative estimate of drug-likeness (QED) is 0.928. The highest BCUT2D eigenvalue weighted by atomic mass is 32.1. The lowest BCUT2D eigenvalue weighted by molar-refractivity contribution is 0.103. The number of rotatable bonds is 3. The second kappa shape index (κ2) is 4.93. The number of carbonyl (C=O) groups is 1. The summed E-state index contributed by atoms with van der Waals surface area (Å²) in [5, 5.41) is 12.2. The van der Waals surface area contributed by atoms with E-state index < -0.39 is 0 Å². The first-order valence-corrected chi connectivity index (χ1v) is 6.90. The third-order valence-corrected chi connectivity index (χ3v) is 4.26. The van der Waals surface area contributed by atoms with Crippen LogP contribution in [-0.4, -0.2) is 16.1 Å². The number of thiophene rings is 1. The van der Waals surface area contributed by atoms with Gasteiger partial charge in [0.2, 0.25) is 5.13 Å². The van der Waals surface area contributed by atoms with Crippen LogP contribution < -0.4 is 5.32 Å². The predicted molar refractivity (Wildman–Crippen MR) is 71.0 cm³/mol. The van der Waals surface area contributed by atoms with Crippen LogP contribution in [0.3, 0.4) is 0 Å². The Hall–Kier alpha value is -1.27. The minimum Gasteiger partial charge on any atom is -0.296 e. The van der Waals surface area contributed by atoms with E-state index in [0.717, 1.165) is 9.88 Å². The zero-order valence-corrected chi connectivity index (χ0v) is 11.5. The van der Waals surface area contributed by atoms with E-state index in [1.807, 2.05) is 19.1 Å². The molecule has 2 aromatic heterocycles. The number of nitrogens with zero attached hydrogens (tertiary/aromatic N) is 2. The van der Waals surface area contributed by atoms with Gasteiger partial charge < -0.3 is 0 Å². The van der Waals surface area contributed by atoms with Gasteiger partial charge in [0.15, 0.2) is 0 Å². The number of carbonyl (C=O) groups excluding carboxylic acids is 1. The fraction of sp³-hybridized carbons (Fsp3) is 0.364. The van der Waals surface area contributed by atoms with Gasteiger partial charge in [-0.3, -0.25) is 10.1 Å². The van der Waals surface area contributed by atoms with E-state index in [4.69, 9.17) is 0 Å². The molecular weight excluding hydrogens is 254 g/mol. The van der Waals surface area contributed by atoms with Crippen LogP contribution in [0, 0.1) is 6.92 Å². The fourth-order valence-corrected chi connectivity index (χ4v) is 2.74. The summed E-state index contributed by atoms with van der Waals surface area (Å²) >= 11 is 2.89. The van der Waals surface area contributed by atoms with Crippen LogP contribution in [0.5, 0.6) is 0 Å². The normalized spacial score (nSPS) is 10.8. The van der Waals surface area contributed by atoms with E-state index in [1.165, 1.54) is 22.7 Å². The Morgan fingerprint density at radius 3 is 2.59 bits per heavy atom. The Kier molecular flexibility index (Phi) is 3.54. The SMILES string of the molecule is Cc1ccc(C(=O)Nc2nnc(C(C)C)s2)s1. The van der Waals surface area contributed by atoms with Gasteiger partial charge in [-0.2, -0.15) is 0 Å². The molecule has 0 aliphatic heterocycles. The van der Waals surface area contributed by atoms with Crippen molar-refractivity contribution in [1.82, 2.24) is 10.2 Å². The summed E-state index contributed by atoms with van der Waals surface area (Å²) in [6.45, 7) is 6.08. The number of amides is 1. The second-order valence-corrected chi connectivity index (χ2v) is 6.26. The van der Waals surface area contributed by atoms with E-state index in [1.54, 1.807) is 0 Å². The highest BCUT2D eigenvalue weighted by molar-refractivity contribution is 7.16. The molecule has 1 N–H and O–H groups in total. The molecule has 2 aromatic rings. The number of aryl methyl sites for hydroxylation is 1. The fourth-order valence-electron chi connectivity index (χ4n) is 1.23. The van der Waals surface area contributed by atoms with E-state index in [9.17, 15) is 4.79 Å². The minimum absolute atomic E-state index is 0.116. The van der Waals surface area contributed by atoms with Crippen molar-refractivity contribution in [2.45, 2.75) is 26.7 Å². The average molecular weight is 267 g/mol. The Morgan fingerprint density at radius 1 is 1.29 bits per heavy atom. The Balaban J connectivity index is 2.07. The molecule has 0 atom stereocenters. The summed E-state index contributed by atoms with van der Waals surface area (Å²) in [6.07, 6.45) is 0. The number of hydrogen-bond acceptors (Lipinski definition) is 5. The van der Waals surface area contributed by atoms with Crippen molar-refractivity contribution in [2.75, 3.05) is 5.32 Å². The van der Waals surface area contributed by atoms with Crippen molar-refractivity contribution in [3.63, 3.8) is 0 Å². The largest absolute Gasteiger partial charge is 0.296 e. The van der Waals surface area contributed by atoms with Crippen molar-refractivity contribution in [3.8, 4) is 0 Å². The molecule has 0 radical (unpaired) electrons. The van der Waals surface area contributed by atoms with Crippen molar-refractivity contribution in [2.24, 2.45) is 0 Å². The molecule has 90 valence electrons. The summed E-state index contributed by atoms with van der Waals surface area (Å²) in [5.41, 5.74) is 0. The maximum atomic E-state index is 11.8. The lowest BCUT2D eigenvalue weighted by Crippen LogP contribution is -2.09. The van der Waals surface area contributed by atoms with Crippen LogP contribution in [0.25, 0.3) is 0 Å². The smallest absolute Gasteiger partial charge is 0.267 e. The molecule has 4 nitrogen and oxygen atoms in total. The van der Waals surface area contributed by atoms with E-state index in [-0.39, 0.29) is 5.91 Å². The Morgan fingerprint density at radius 2 is 2.06 bits per heavy atom. The molecule has 6 heteroatoms. The highest BCUT2D eigenvalue weighted by Gasteiger charge is 2.12. The van der Waals surface area contributed by atoms with Crippen molar-refractivity contribution in [1.29, 1.82) is 0 Å². The van der Waals surface area contributed by atoms with Crippen LogP contribution >= 0.6 is 22.7 Å². The molecule has 0 fully saturated rings. The molecule has 0 saturated carbocycles. The molecule has 0 bridgehead atoms. The van der Waals surface area contributed by atoms with Gasteiger partial charge in [-0.1, -0.05) is 25.2 Å². The van der Waals surface area contributed by atoms with Gasteiger partial charge in [-0.15, -0.1) is 21.5 Å². The number of nitrogens with one attached hydrogen (secondary N) is 1. The Bertz CT molecular complexity index is 530. The van der Waals surface area contributed by atoms with Gasteiger partial charge in [0.25, 0.3) is 5.91 Å². The summed E-state index contributed by atoms with van der Waals surface area (Å²) < 4.78 is 0. The molecule has 1 amide bonds. The topological polar surface area (TPSA) is 54.9 Å². The van der Waals surface area contributed by atoms with Gasteiger partial charge >= 0.3 is 0 Å². The summed E-state index contributed by atoms with van der Waals surface area (Å²) in [6, 6.07) is 3.75. The molecule has 17 heavy (non-hydrogen) atoms. The molecule has 0 aliphatic rings. The highest BCUT2D eigenvalue weighted by Crippen LogP contribution is 2.23. The lowest BCUT2D eigenvalue weighted by Gasteiger charge is -1.97. The molecule has 0 spiro atoms. The van der Waals surface area contributed by atoms with E-state index >= 15 is 0 Å². The first kappa shape index (κ1) is 12.2. The summed E-state index contributed by atoms with van der Waals surface area (Å²) in [5.74, 6) is 0.219. The standard InChI is InChI=1S/C11H13N3OS2/c1-6(2)10-13-14-11(17-10)12-9(15)8-5-4-7(3)16-8/h4-6H,1-3H3,(H,12,14,15). The van der Waals surface area contributed by atoms with Crippen LogP contribution in [0.15, 0.2) is 12.1 Å². The third-order valence-electron chi connectivity index (χ3n) is 2.12. The monoisotopic (exact) mass is 267 g/mol. The number of hydrogen-bond donors (Lipinski definition) is 1. The molecule has 2 heterocycles. The number of anilines is 1. The summed E-state index contributed by atoms with van der Waals surface area (Å²) in [4.78, 5) is 13.7. The lowest BCUT2D eigenvalue weighted by atomic mass is 10.2. The van der Waals surface area contributed by atoms with Gasteiger partial charge in [-0.05, 0) is 19.1 Å². The second-order valence-electron chi connectivity index (χ2n) is 3.96. The maximum Gasteiger partial charge on any atom is 0.267 e. The zero-order valence-electron chi connectivity index (χ0n) is 9.85. The molecular formula is C11H13N3OS2. The van der Waals surface area contributed by atoms with Crippen molar-refractivity contribution in [3.05, 3.63) is 26.9 Å². The van der Waals surface area contributed by atoms with Crippen LogP contribution in [0.1, 0.15) is 39.3 Å². The van der Waals surface area contributed by atoms with Crippen LogP contribution in [-0.2, 0) is 0 Å². The van der Waals surface area contributed by atoms with Crippen LogP contribution in [0.4, 0.5) is 5.13 Å². The van der Waals surface area contributed by atoms with Gasteiger partial charge in [0, 0.05) is 10.8 Å².